The summed E-state index contributed by atoms with van der Waals surface area (Å²) in [5.41, 5.74) is 20.0. The molecule has 0 amide bonds. The van der Waals surface area contributed by atoms with Crippen molar-refractivity contribution < 1.29 is 0 Å². The minimum atomic E-state index is -0.127. The maximum Gasteiger partial charge on any atom is 0.209 e. The monoisotopic (exact) mass is 771 g/mol. The van der Waals surface area contributed by atoms with Crippen LogP contribution in [0.5, 0.6) is 0 Å². The summed E-state index contributed by atoms with van der Waals surface area (Å²) in [6.07, 6.45) is 8.28. The van der Waals surface area contributed by atoms with Gasteiger partial charge in [-0.3, -0.25) is 4.57 Å². The molecule has 1 aromatic heterocycles. The zero-order valence-electron chi connectivity index (χ0n) is 34.4. The molecule has 288 valence electrons. The maximum atomic E-state index is 5.52. The summed E-state index contributed by atoms with van der Waals surface area (Å²) in [5, 5.41) is 9.04. The normalized spacial score (nSPS) is 16.4. The predicted octanol–water partition coefficient (Wildman–Crippen LogP) is 14.1. The Bertz CT molecular complexity index is 3280. The van der Waals surface area contributed by atoms with Gasteiger partial charge in [-0.05, 0) is 98.5 Å². The van der Waals surface area contributed by atoms with Crippen LogP contribution < -0.4 is 5.32 Å². The Hall–Kier alpha value is -7.23. The number of hydrogen-bond acceptors (Lipinski definition) is 2. The van der Waals surface area contributed by atoms with Crippen molar-refractivity contribution in [3.05, 3.63) is 221 Å². The molecule has 7 aromatic carbocycles. The van der Waals surface area contributed by atoms with Crippen molar-refractivity contribution in [1.29, 1.82) is 0 Å². The van der Waals surface area contributed by atoms with E-state index in [1.165, 1.54) is 88.3 Å². The molecule has 12 rings (SSSR count). The van der Waals surface area contributed by atoms with E-state index >= 15 is 0 Å². The molecule has 0 bridgehead atoms. The predicted molar refractivity (Wildman–Crippen MR) is 256 cm³/mol. The summed E-state index contributed by atoms with van der Waals surface area (Å²) in [6, 6.07) is 55.6. The van der Waals surface area contributed by atoms with Gasteiger partial charge in [-0.25, -0.2) is 4.99 Å². The number of fused-ring (bicyclic) bond motifs is 10. The molecule has 1 N–H and O–H groups in total. The summed E-state index contributed by atoms with van der Waals surface area (Å²) in [4.78, 5) is 5.52. The molecule has 4 aliphatic rings. The molecule has 3 aliphatic carbocycles. The van der Waals surface area contributed by atoms with Crippen LogP contribution in [0.3, 0.4) is 0 Å². The van der Waals surface area contributed by atoms with Crippen LogP contribution in [-0.2, 0) is 5.41 Å². The van der Waals surface area contributed by atoms with Crippen LogP contribution in [-0.4, -0.2) is 16.6 Å². The van der Waals surface area contributed by atoms with E-state index in [0.29, 0.717) is 0 Å². The van der Waals surface area contributed by atoms with Crippen molar-refractivity contribution in [2.75, 3.05) is 0 Å². The quantitative estimate of drug-likeness (QED) is 0.178. The third-order valence-electron chi connectivity index (χ3n) is 12.8. The van der Waals surface area contributed by atoms with E-state index in [4.69, 9.17) is 4.99 Å². The van der Waals surface area contributed by atoms with Crippen LogP contribution >= 0.6 is 0 Å². The van der Waals surface area contributed by atoms with Crippen molar-refractivity contribution in [2.45, 2.75) is 39.2 Å². The van der Waals surface area contributed by atoms with E-state index in [2.05, 4.69) is 194 Å². The molecule has 3 nitrogen and oxygen atoms in total. The zero-order valence-corrected chi connectivity index (χ0v) is 34.4. The second-order valence-corrected chi connectivity index (χ2v) is 17.0. The molecular formula is C57H45N3. The van der Waals surface area contributed by atoms with Gasteiger partial charge in [0.05, 0.1) is 22.8 Å². The van der Waals surface area contributed by atoms with E-state index in [0.717, 1.165) is 28.3 Å². The highest BCUT2D eigenvalue weighted by Crippen LogP contribution is 2.59. The van der Waals surface area contributed by atoms with E-state index in [-0.39, 0.29) is 11.5 Å². The van der Waals surface area contributed by atoms with Crippen molar-refractivity contribution >= 4 is 67.0 Å². The first-order valence-corrected chi connectivity index (χ1v) is 21.0. The van der Waals surface area contributed by atoms with Crippen molar-refractivity contribution in [3.63, 3.8) is 0 Å². The number of allylic oxidation sites excluding steroid dienone is 4. The van der Waals surface area contributed by atoms with Crippen LogP contribution in [0.15, 0.2) is 187 Å². The fourth-order valence-electron chi connectivity index (χ4n) is 10.2. The average Bonchev–Trinajstić information content (AvgIpc) is 3.88. The van der Waals surface area contributed by atoms with Gasteiger partial charge in [0.15, 0.2) is 0 Å². The first-order chi connectivity index (χ1) is 29.3. The molecule has 0 spiro atoms. The van der Waals surface area contributed by atoms with Crippen LogP contribution in [0, 0.1) is 0 Å². The molecule has 60 heavy (non-hydrogen) atoms. The third kappa shape index (κ3) is 5.39. The molecule has 1 atom stereocenters. The first kappa shape index (κ1) is 35.9. The summed E-state index contributed by atoms with van der Waals surface area (Å²) < 4.78 is 2.34. The van der Waals surface area contributed by atoms with Gasteiger partial charge in [-0.2, -0.15) is 0 Å². The molecule has 0 radical (unpaired) electrons. The molecule has 1 aliphatic heterocycles. The van der Waals surface area contributed by atoms with Gasteiger partial charge >= 0.3 is 0 Å². The van der Waals surface area contributed by atoms with Gasteiger partial charge in [-0.15, -0.1) is 0 Å². The third-order valence-corrected chi connectivity index (χ3v) is 12.8. The summed E-state index contributed by atoms with van der Waals surface area (Å²) in [7, 11) is 0. The van der Waals surface area contributed by atoms with E-state index in [1.54, 1.807) is 6.08 Å². The highest BCUT2D eigenvalue weighted by atomic mass is 15.2. The Morgan fingerprint density at radius 2 is 1.37 bits per heavy atom. The number of aliphatic imine (C=N–C) groups is 1. The first-order valence-electron chi connectivity index (χ1n) is 21.0. The second-order valence-electron chi connectivity index (χ2n) is 17.0. The topological polar surface area (TPSA) is 29.3 Å². The molecule has 0 fully saturated rings. The number of benzene rings is 7. The fraction of sp³-hybridized carbons (Fsp3) is 0.105. The highest BCUT2D eigenvalue weighted by Gasteiger charge is 2.43. The number of rotatable bonds is 3. The molecule has 0 saturated heterocycles. The lowest BCUT2D eigenvalue weighted by atomic mass is 9.77. The smallest absolute Gasteiger partial charge is 0.209 e. The number of nitrogens with one attached hydrogen (secondary N) is 1. The van der Waals surface area contributed by atoms with Gasteiger partial charge in [-0.1, -0.05) is 184 Å². The lowest BCUT2D eigenvalue weighted by Crippen LogP contribution is -2.42. The Kier molecular flexibility index (Phi) is 8.18. The lowest BCUT2D eigenvalue weighted by Gasteiger charge is -2.32. The molecule has 2 heterocycles. The summed E-state index contributed by atoms with van der Waals surface area (Å²) >= 11 is 0. The largest absolute Gasteiger partial charge is 0.345 e. The molecule has 1 unspecified atom stereocenters. The zero-order chi connectivity index (χ0) is 40.7. The Morgan fingerprint density at radius 1 is 0.667 bits per heavy atom. The van der Waals surface area contributed by atoms with E-state index in [1.807, 2.05) is 19.9 Å². The lowest BCUT2D eigenvalue weighted by molar-refractivity contribution is 0.705. The number of aromatic nitrogens is 1. The van der Waals surface area contributed by atoms with Gasteiger partial charge in [0.1, 0.15) is 0 Å². The average molecular weight is 772 g/mol. The van der Waals surface area contributed by atoms with Crippen LogP contribution in [0.1, 0.15) is 66.6 Å². The van der Waals surface area contributed by atoms with Crippen LogP contribution in [0.4, 0.5) is 0 Å². The Balaban J connectivity index is 0.000000637. The highest BCUT2D eigenvalue weighted by molar-refractivity contribution is 6.22. The Labute approximate surface area is 351 Å². The van der Waals surface area contributed by atoms with Gasteiger partial charge in [0, 0.05) is 27.3 Å². The van der Waals surface area contributed by atoms with Crippen LogP contribution in [0.25, 0.3) is 72.2 Å². The second kappa shape index (κ2) is 13.7. The van der Waals surface area contributed by atoms with Crippen molar-refractivity contribution in [2.24, 2.45) is 4.99 Å². The van der Waals surface area contributed by atoms with Crippen molar-refractivity contribution in [3.8, 4) is 11.1 Å². The molecule has 8 aromatic rings. The van der Waals surface area contributed by atoms with Gasteiger partial charge in [0.25, 0.3) is 0 Å². The van der Waals surface area contributed by atoms with Crippen molar-refractivity contribution in [1.82, 2.24) is 9.88 Å². The maximum absolute atomic E-state index is 5.52. The van der Waals surface area contributed by atoms with Crippen LogP contribution in [0.2, 0.25) is 0 Å². The van der Waals surface area contributed by atoms with E-state index < -0.39 is 0 Å². The standard InChI is InChI=1S/C51H35N3.C6H10/c1-51(2)41-28-33(23-26-38(41)46-39-19-10-15-31-16-11-20-40(45(31)39)48(46)51)34-22-25-37-36-18-8-9-21-43(36)54(44(37)29-34)50-52-42-27-24-30-12-6-7-17-35(30)47(42)49(53-50)32-13-4-3-5-14-32;1-4-5-6(2)3/h3-29,42H,1-2H3,(H,52,53);4-5H,1H2,2-3H3. The molecule has 0 saturated carbocycles. The minimum absolute atomic E-state index is 0.0219. The number of para-hydroxylation sites is 1. The fourth-order valence-corrected chi connectivity index (χ4v) is 10.2. The summed E-state index contributed by atoms with van der Waals surface area (Å²) in [5.74, 6) is 0.832. The number of nitrogens with zero attached hydrogens (tertiary/aromatic N) is 2. The SMILES string of the molecule is C=CC=C(C)C.CC1(C)C2=C(c3ccc(-c4ccc5c6ccccc6n(C6=NC(c7ccccc7)=C7c8ccccc8C=CC7N6)c5c4)cc31)c1cccc3cccc2c13. The Morgan fingerprint density at radius 3 is 2.17 bits per heavy atom. The van der Waals surface area contributed by atoms with E-state index in [9.17, 15) is 0 Å². The van der Waals surface area contributed by atoms with Gasteiger partial charge < -0.3 is 5.32 Å². The number of hydrogen-bond donors (Lipinski definition) is 1. The van der Waals surface area contributed by atoms with Gasteiger partial charge in [0.2, 0.25) is 5.96 Å². The molecule has 3 heteroatoms. The minimum Gasteiger partial charge on any atom is -0.345 e. The summed E-state index contributed by atoms with van der Waals surface area (Å²) in [6.45, 7) is 12.4. The molecular weight excluding hydrogens is 727 g/mol.